The Balaban J connectivity index is 1.33. The van der Waals surface area contributed by atoms with Crippen LogP contribution in [0.25, 0.3) is 0 Å². The molecule has 2 saturated heterocycles. The van der Waals surface area contributed by atoms with Crippen LogP contribution in [0, 0.1) is 0 Å². The normalized spacial score (nSPS) is 27.9. The van der Waals surface area contributed by atoms with Gasteiger partial charge in [0.15, 0.2) is 11.9 Å². The molecule has 2 heterocycles. The average Bonchev–Trinajstić information content (AvgIpc) is 3.55. The molecule has 0 bridgehead atoms. The van der Waals surface area contributed by atoms with Crippen LogP contribution in [0.2, 0.25) is 0 Å². The monoisotopic (exact) mass is 1060 g/mol. The van der Waals surface area contributed by atoms with Gasteiger partial charge in [0, 0.05) is 25.7 Å². The Labute approximate surface area is 457 Å². The van der Waals surface area contributed by atoms with Gasteiger partial charge < -0.3 is 53.6 Å². The zero-order chi connectivity index (χ0) is 52.9. The zero-order valence-corrected chi connectivity index (χ0v) is 44.1. The summed E-state index contributed by atoms with van der Waals surface area (Å²) < 4.78 is 49.4. The second-order valence-electron chi connectivity index (χ2n) is 19.8. The molecule has 13 heteroatoms. The van der Waals surface area contributed by atoms with Gasteiger partial charge in [-0.1, -0.05) is 212 Å². The minimum absolute atomic E-state index is 0.00427. The Hall–Kier alpha value is -5.20. The summed E-state index contributed by atoms with van der Waals surface area (Å²) in [5, 5.41) is 57.1. The van der Waals surface area contributed by atoms with Crippen LogP contribution in [0.15, 0.2) is 212 Å². The van der Waals surface area contributed by atoms with Gasteiger partial charge in [-0.25, -0.2) is 0 Å². The van der Waals surface area contributed by atoms with Gasteiger partial charge in [-0.05, 0) is 38.9 Å². The number of ether oxygens (including phenoxy) is 7. The van der Waals surface area contributed by atoms with Gasteiger partial charge in [-0.15, -0.1) is 0 Å². The molecule has 11 nitrogen and oxygen atoms in total. The standard InChI is InChI=1S/C63H68O11S2/c64-53(36-46-22-8-1-9-23-46)56-60(65,37-47-24-10-2-11-25-47)62(67,39-49-28-14-4-15-29-49)61(66,38-48-26-12-3-13-27-48)59(74-56)63(72-45-76)54(43-68-40-50-30-16-5-17-31-50)73-58(71-44-75)55(69-41-51-32-18-6-19-33-51)57(63)70-42-52-34-20-7-21-35-52/h1-35,53-59,64-67,75-76H,36-45H2/t53?,54-,55-,56-,57-,58+,59-,60+,61+,62+,63-/m1/s1. The van der Waals surface area contributed by atoms with Crippen molar-refractivity contribution in [2.24, 2.45) is 0 Å². The molecule has 398 valence electrons. The quantitative estimate of drug-likeness (QED) is 0.0255. The molecule has 1 unspecified atom stereocenters. The van der Waals surface area contributed by atoms with E-state index >= 15 is 0 Å². The summed E-state index contributed by atoms with van der Waals surface area (Å²) in [5.41, 5.74) is -4.71. The molecular weight excluding hydrogens is 997 g/mol. The van der Waals surface area contributed by atoms with Crippen molar-refractivity contribution in [3.05, 3.63) is 251 Å². The van der Waals surface area contributed by atoms with E-state index in [9.17, 15) is 20.4 Å². The summed E-state index contributed by atoms with van der Waals surface area (Å²) in [5.74, 6) is -0.397. The van der Waals surface area contributed by atoms with Crippen molar-refractivity contribution >= 4 is 25.3 Å². The second kappa shape index (κ2) is 26.0. The van der Waals surface area contributed by atoms with Crippen molar-refractivity contribution in [3.63, 3.8) is 0 Å². The van der Waals surface area contributed by atoms with Gasteiger partial charge >= 0.3 is 0 Å². The van der Waals surface area contributed by atoms with E-state index in [4.69, 9.17) is 45.8 Å². The molecule has 11 atom stereocenters. The molecule has 0 aliphatic carbocycles. The zero-order valence-electron chi connectivity index (χ0n) is 42.4. The molecule has 2 fully saturated rings. The third-order valence-electron chi connectivity index (χ3n) is 14.9. The van der Waals surface area contributed by atoms with Gasteiger partial charge in [-0.2, -0.15) is 25.3 Å². The van der Waals surface area contributed by atoms with Crippen LogP contribution in [0.1, 0.15) is 38.9 Å². The van der Waals surface area contributed by atoms with Gasteiger partial charge in [0.25, 0.3) is 0 Å². The summed E-state index contributed by atoms with van der Waals surface area (Å²) in [6, 6.07) is 66.0. The average molecular weight is 1070 g/mol. The molecule has 2 aliphatic heterocycles. The predicted molar refractivity (Wildman–Crippen MR) is 298 cm³/mol. The van der Waals surface area contributed by atoms with E-state index in [1.807, 2.05) is 212 Å². The maximum Gasteiger partial charge on any atom is 0.187 e. The first-order valence-electron chi connectivity index (χ1n) is 25.8. The van der Waals surface area contributed by atoms with E-state index < -0.39 is 65.3 Å². The van der Waals surface area contributed by atoms with Crippen molar-refractivity contribution in [2.75, 3.05) is 18.5 Å². The van der Waals surface area contributed by atoms with Gasteiger partial charge in [0.2, 0.25) is 0 Å². The van der Waals surface area contributed by atoms with Crippen LogP contribution in [-0.2, 0) is 78.7 Å². The molecule has 2 aliphatic rings. The number of aliphatic hydroxyl groups is 4. The number of hydrogen-bond acceptors (Lipinski definition) is 13. The fraction of sp³-hybridized carbons (Fsp3) is 0.333. The smallest absolute Gasteiger partial charge is 0.187 e. The predicted octanol–water partition coefficient (Wildman–Crippen LogP) is 8.94. The van der Waals surface area contributed by atoms with Crippen LogP contribution in [-0.4, -0.2) is 104 Å². The van der Waals surface area contributed by atoms with Crippen molar-refractivity contribution in [2.45, 2.75) is 111 Å². The third kappa shape index (κ3) is 12.2. The first-order chi connectivity index (χ1) is 37.1. The lowest BCUT2D eigenvalue weighted by atomic mass is 9.54. The van der Waals surface area contributed by atoms with Crippen molar-refractivity contribution in [1.29, 1.82) is 0 Å². The lowest BCUT2D eigenvalue weighted by Gasteiger charge is -2.67. The van der Waals surface area contributed by atoms with E-state index in [0.29, 0.717) is 16.7 Å². The molecule has 0 radical (unpaired) electrons. The van der Waals surface area contributed by atoms with Gasteiger partial charge in [0.1, 0.15) is 47.3 Å². The Morgan fingerprint density at radius 1 is 0.461 bits per heavy atom. The number of rotatable bonds is 24. The van der Waals surface area contributed by atoms with Gasteiger partial charge in [-0.3, -0.25) is 0 Å². The van der Waals surface area contributed by atoms with Crippen LogP contribution in [0.5, 0.6) is 0 Å². The Bertz CT molecular complexity index is 2790. The molecule has 0 saturated carbocycles. The van der Waals surface area contributed by atoms with Crippen molar-refractivity contribution in [3.8, 4) is 0 Å². The number of hydrogen-bond donors (Lipinski definition) is 6. The van der Waals surface area contributed by atoms with Crippen LogP contribution in [0.3, 0.4) is 0 Å². The summed E-state index contributed by atoms with van der Waals surface area (Å²) >= 11 is 9.37. The summed E-state index contributed by atoms with van der Waals surface area (Å²) in [7, 11) is 0. The highest BCUT2D eigenvalue weighted by Gasteiger charge is 2.79. The minimum atomic E-state index is -2.62. The van der Waals surface area contributed by atoms with E-state index in [1.54, 1.807) is 0 Å². The highest BCUT2D eigenvalue weighted by atomic mass is 32.1. The Morgan fingerprint density at radius 2 is 0.882 bits per heavy atom. The Kier molecular flexibility index (Phi) is 19.0. The van der Waals surface area contributed by atoms with E-state index in [-0.39, 0.29) is 64.0 Å². The first kappa shape index (κ1) is 55.6. The van der Waals surface area contributed by atoms with Crippen LogP contribution < -0.4 is 0 Å². The van der Waals surface area contributed by atoms with Gasteiger partial charge in [0.05, 0.1) is 44.4 Å². The summed E-state index contributed by atoms with van der Waals surface area (Å²) in [4.78, 5) is 0. The highest BCUT2D eigenvalue weighted by molar-refractivity contribution is 7.80. The lowest BCUT2D eigenvalue weighted by Crippen LogP contribution is -2.89. The molecule has 7 aromatic rings. The molecule has 76 heavy (non-hydrogen) atoms. The Morgan fingerprint density at radius 3 is 1.36 bits per heavy atom. The fourth-order valence-corrected chi connectivity index (χ4v) is 11.7. The molecule has 9 rings (SSSR count). The number of thiol groups is 2. The summed E-state index contributed by atoms with van der Waals surface area (Å²) in [6.07, 6.45) is -10.8. The molecule has 4 N–H and O–H groups in total. The molecule has 7 aromatic carbocycles. The maximum atomic E-state index is 14.9. The maximum absolute atomic E-state index is 14.9. The van der Waals surface area contributed by atoms with Crippen molar-refractivity contribution in [1.82, 2.24) is 0 Å². The van der Waals surface area contributed by atoms with E-state index in [2.05, 4.69) is 12.6 Å². The van der Waals surface area contributed by atoms with Crippen LogP contribution in [0.4, 0.5) is 0 Å². The first-order valence-corrected chi connectivity index (χ1v) is 27.1. The summed E-state index contributed by atoms with van der Waals surface area (Å²) in [6.45, 7) is -0.0108. The highest BCUT2D eigenvalue weighted by Crippen LogP contribution is 2.56. The number of benzene rings is 7. The molecule has 0 spiro atoms. The van der Waals surface area contributed by atoms with E-state index in [1.165, 1.54) is 0 Å². The number of aliphatic hydroxyl groups excluding tert-OH is 1. The SMILES string of the molecule is OC(Cc1ccccc1)[C@H]1O[C@@H]([C@]2(OCS)[C@H](OCc3ccccc3)[C@@H](OCc3ccccc3)[C@@H](OCS)O[C@@H]2COCc2ccccc2)[C@@](O)(Cc2ccccc2)[C@](O)(Cc2ccccc2)[C@]1(O)Cc1ccccc1. The third-order valence-corrected chi connectivity index (χ3v) is 15.2. The molecular formula is C63H68O11S2. The molecule has 0 aromatic heterocycles. The largest absolute Gasteiger partial charge is 0.390 e. The van der Waals surface area contributed by atoms with Crippen LogP contribution >= 0.6 is 25.3 Å². The van der Waals surface area contributed by atoms with E-state index in [0.717, 1.165) is 22.3 Å². The second-order valence-corrected chi connectivity index (χ2v) is 20.3. The van der Waals surface area contributed by atoms with Crippen molar-refractivity contribution < 1.29 is 53.6 Å². The minimum Gasteiger partial charge on any atom is -0.390 e. The molecule has 0 amide bonds. The topological polar surface area (TPSA) is 146 Å². The lowest BCUT2D eigenvalue weighted by molar-refractivity contribution is -0.429. The fourth-order valence-electron chi connectivity index (χ4n) is 11.3.